The number of nitrogens with one attached hydrogen (secondary N) is 1. The highest BCUT2D eigenvalue weighted by atomic mass is 16.6. The largest absolute Gasteiger partial charge is 0.497 e. The SMILES string of the molecule is COc1ccc(Cn2nc(N[C@@H]3CCN(C(=O)OC(C)(C)C)C3)c3c(Oc4cccc(C(=O)O)c4)ccnc32)cc1. The fraction of sp³-hybridized carbons (Fsp3) is 0.333. The van der Waals surface area contributed by atoms with Crippen molar-refractivity contribution in [2.24, 2.45) is 0 Å². The molecule has 0 spiro atoms. The quantitative estimate of drug-likeness (QED) is 0.292. The molecular weight excluding hydrogens is 526 g/mol. The molecule has 0 radical (unpaired) electrons. The summed E-state index contributed by atoms with van der Waals surface area (Å²) in [6.45, 7) is 7.00. The zero-order chi connectivity index (χ0) is 29.1. The summed E-state index contributed by atoms with van der Waals surface area (Å²) in [7, 11) is 1.62. The normalized spacial score (nSPS) is 15.1. The Balaban J connectivity index is 1.47. The number of methoxy groups -OCH3 is 1. The molecular formula is C30H33N5O6. The number of anilines is 1. The van der Waals surface area contributed by atoms with Gasteiger partial charge in [-0.2, -0.15) is 5.10 Å². The van der Waals surface area contributed by atoms with E-state index >= 15 is 0 Å². The predicted molar refractivity (Wildman–Crippen MR) is 153 cm³/mol. The Morgan fingerprint density at radius 3 is 2.59 bits per heavy atom. The first kappa shape index (κ1) is 27.8. The van der Waals surface area contributed by atoms with Crippen molar-refractivity contribution >= 4 is 28.9 Å². The number of carbonyl (C=O) groups excluding carboxylic acids is 1. The van der Waals surface area contributed by atoms with Gasteiger partial charge in [0.1, 0.15) is 28.2 Å². The molecule has 1 fully saturated rings. The second kappa shape index (κ2) is 11.4. The van der Waals surface area contributed by atoms with Crippen LogP contribution < -0.4 is 14.8 Å². The third-order valence-electron chi connectivity index (χ3n) is 6.58. The Morgan fingerprint density at radius 2 is 1.88 bits per heavy atom. The minimum atomic E-state index is -1.04. The second-order valence-corrected chi connectivity index (χ2v) is 10.9. The lowest BCUT2D eigenvalue weighted by molar-refractivity contribution is 0.0293. The molecule has 5 rings (SSSR count). The molecule has 0 unspecified atom stereocenters. The summed E-state index contributed by atoms with van der Waals surface area (Å²) in [4.78, 5) is 30.4. The predicted octanol–water partition coefficient (Wildman–Crippen LogP) is 5.40. The molecule has 3 heterocycles. The van der Waals surface area contributed by atoms with Gasteiger partial charge in [0.05, 0.1) is 19.2 Å². The summed E-state index contributed by atoms with van der Waals surface area (Å²) in [5.74, 6) is 1.13. The number of likely N-dealkylation sites (tertiary alicyclic amines) is 1. The fourth-order valence-electron chi connectivity index (χ4n) is 4.65. The van der Waals surface area contributed by atoms with E-state index in [2.05, 4.69) is 10.3 Å². The molecule has 1 aliphatic heterocycles. The molecule has 0 aliphatic carbocycles. The van der Waals surface area contributed by atoms with Gasteiger partial charge in [0.2, 0.25) is 0 Å². The van der Waals surface area contributed by atoms with Gasteiger partial charge in [0, 0.05) is 31.4 Å². The Hall–Kier alpha value is -4.80. The molecule has 1 saturated heterocycles. The van der Waals surface area contributed by atoms with Gasteiger partial charge < -0.3 is 29.5 Å². The van der Waals surface area contributed by atoms with E-state index in [1.165, 1.54) is 12.1 Å². The first-order valence-electron chi connectivity index (χ1n) is 13.3. The Labute approximate surface area is 237 Å². The van der Waals surface area contributed by atoms with E-state index in [1.807, 2.05) is 45.0 Å². The first-order valence-corrected chi connectivity index (χ1v) is 13.3. The van der Waals surface area contributed by atoms with E-state index in [1.54, 1.807) is 41.1 Å². The van der Waals surface area contributed by atoms with Crippen LogP contribution in [0.15, 0.2) is 60.8 Å². The van der Waals surface area contributed by atoms with E-state index < -0.39 is 11.6 Å². The molecule has 1 atom stereocenters. The lowest BCUT2D eigenvalue weighted by atomic mass is 10.2. The van der Waals surface area contributed by atoms with Crippen LogP contribution in [0.1, 0.15) is 43.1 Å². The molecule has 4 aromatic rings. The topological polar surface area (TPSA) is 128 Å². The molecule has 11 heteroatoms. The number of pyridine rings is 1. The summed E-state index contributed by atoms with van der Waals surface area (Å²) in [6.07, 6.45) is 2.00. The number of amides is 1. The lowest BCUT2D eigenvalue weighted by Gasteiger charge is -2.24. The first-order chi connectivity index (χ1) is 19.6. The summed E-state index contributed by atoms with van der Waals surface area (Å²) in [5.41, 5.74) is 1.14. The Bertz CT molecular complexity index is 1560. The van der Waals surface area contributed by atoms with Gasteiger partial charge in [-0.25, -0.2) is 19.3 Å². The summed E-state index contributed by atoms with van der Waals surface area (Å²) in [6, 6.07) is 15.7. The molecule has 2 N–H and O–H groups in total. The van der Waals surface area contributed by atoms with E-state index in [4.69, 9.17) is 19.3 Å². The van der Waals surface area contributed by atoms with Crippen molar-refractivity contribution in [1.29, 1.82) is 0 Å². The third kappa shape index (κ3) is 6.51. The molecule has 0 saturated carbocycles. The van der Waals surface area contributed by atoms with Gasteiger partial charge in [-0.05, 0) is 63.1 Å². The maximum atomic E-state index is 12.6. The van der Waals surface area contributed by atoms with Crippen LogP contribution in [0.25, 0.3) is 11.0 Å². The molecule has 11 nitrogen and oxygen atoms in total. The molecule has 41 heavy (non-hydrogen) atoms. The standard InChI is InChI=1S/C30H33N5O6/c1-30(2,3)41-29(38)34-15-13-21(18-34)32-26-25-24(40-23-7-5-6-20(16-23)28(36)37)12-14-31-27(25)35(33-26)17-19-8-10-22(39-4)11-9-19/h5-12,14,16,21H,13,15,17-18H2,1-4H3,(H,32,33)(H,36,37)/t21-/m1/s1. The van der Waals surface area contributed by atoms with Crippen LogP contribution in [0.3, 0.4) is 0 Å². The Morgan fingerprint density at radius 1 is 1.10 bits per heavy atom. The van der Waals surface area contributed by atoms with E-state index in [0.717, 1.165) is 11.3 Å². The number of aromatic nitrogens is 3. The highest BCUT2D eigenvalue weighted by Gasteiger charge is 2.31. The number of carboxylic acid groups (broad SMARTS) is 1. The average molecular weight is 560 g/mol. The van der Waals surface area contributed by atoms with Gasteiger partial charge >= 0.3 is 12.1 Å². The van der Waals surface area contributed by atoms with Crippen molar-refractivity contribution in [3.63, 3.8) is 0 Å². The van der Waals surface area contributed by atoms with Crippen LogP contribution in [-0.2, 0) is 11.3 Å². The number of hydrogen-bond acceptors (Lipinski definition) is 8. The van der Waals surface area contributed by atoms with Gasteiger partial charge in [0.15, 0.2) is 11.5 Å². The summed E-state index contributed by atoms with van der Waals surface area (Å²) in [5, 5.41) is 18.4. The molecule has 214 valence electrons. The van der Waals surface area contributed by atoms with Gasteiger partial charge in [0.25, 0.3) is 0 Å². The average Bonchev–Trinajstić information content (AvgIpc) is 3.54. The van der Waals surface area contributed by atoms with Gasteiger partial charge in [-0.15, -0.1) is 0 Å². The second-order valence-electron chi connectivity index (χ2n) is 10.9. The van der Waals surface area contributed by atoms with Gasteiger partial charge in [-0.1, -0.05) is 18.2 Å². The van der Waals surface area contributed by atoms with Crippen LogP contribution in [0, 0.1) is 0 Å². The van der Waals surface area contributed by atoms with Crippen LogP contribution in [0.2, 0.25) is 0 Å². The highest BCUT2D eigenvalue weighted by molar-refractivity contribution is 5.94. The number of rotatable bonds is 8. The Kier molecular flexibility index (Phi) is 7.69. The van der Waals surface area contributed by atoms with Crippen molar-refractivity contribution < 1.29 is 28.9 Å². The summed E-state index contributed by atoms with van der Waals surface area (Å²) < 4.78 is 18.8. The van der Waals surface area contributed by atoms with Crippen LogP contribution in [-0.4, -0.2) is 68.7 Å². The molecule has 2 aromatic carbocycles. The zero-order valence-corrected chi connectivity index (χ0v) is 23.5. The molecule has 2 aromatic heterocycles. The molecule has 0 bridgehead atoms. The maximum Gasteiger partial charge on any atom is 0.410 e. The number of carbonyl (C=O) groups is 2. The van der Waals surface area contributed by atoms with Gasteiger partial charge in [-0.3, -0.25) is 0 Å². The number of ether oxygens (including phenoxy) is 3. The van der Waals surface area contributed by atoms with Crippen LogP contribution in [0.5, 0.6) is 17.2 Å². The highest BCUT2D eigenvalue weighted by Crippen LogP contribution is 2.35. The number of aromatic carboxylic acids is 1. The van der Waals surface area contributed by atoms with Crippen molar-refractivity contribution in [3.8, 4) is 17.2 Å². The maximum absolute atomic E-state index is 12.6. The summed E-state index contributed by atoms with van der Waals surface area (Å²) >= 11 is 0. The third-order valence-corrected chi connectivity index (χ3v) is 6.58. The number of hydrogen-bond donors (Lipinski definition) is 2. The minimum absolute atomic E-state index is 0.0709. The molecule has 1 amide bonds. The number of fused-ring (bicyclic) bond motifs is 1. The van der Waals surface area contributed by atoms with E-state index in [-0.39, 0.29) is 17.7 Å². The lowest BCUT2D eigenvalue weighted by Crippen LogP contribution is -2.36. The van der Waals surface area contributed by atoms with Crippen molar-refractivity contribution in [2.45, 2.75) is 45.4 Å². The fourth-order valence-corrected chi connectivity index (χ4v) is 4.65. The minimum Gasteiger partial charge on any atom is -0.497 e. The zero-order valence-electron chi connectivity index (χ0n) is 23.5. The van der Waals surface area contributed by atoms with Crippen molar-refractivity contribution in [1.82, 2.24) is 19.7 Å². The van der Waals surface area contributed by atoms with E-state index in [0.29, 0.717) is 54.4 Å². The number of benzene rings is 2. The molecule has 1 aliphatic rings. The van der Waals surface area contributed by atoms with Crippen LogP contribution in [0.4, 0.5) is 10.6 Å². The number of carboxylic acids is 1. The van der Waals surface area contributed by atoms with E-state index in [9.17, 15) is 14.7 Å². The van der Waals surface area contributed by atoms with Crippen molar-refractivity contribution in [3.05, 3.63) is 71.9 Å². The van der Waals surface area contributed by atoms with Crippen LogP contribution >= 0.6 is 0 Å². The monoisotopic (exact) mass is 559 g/mol. The number of nitrogens with zero attached hydrogens (tertiary/aromatic N) is 4. The smallest absolute Gasteiger partial charge is 0.410 e. The van der Waals surface area contributed by atoms with Crippen molar-refractivity contribution in [2.75, 3.05) is 25.5 Å².